The molecule has 1 rings (SSSR count). The van der Waals surface area contributed by atoms with Crippen LogP contribution in [0.4, 0.5) is 0 Å². The lowest BCUT2D eigenvalue weighted by Crippen LogP contribution is -2.42. The average Bonchev–Trinajstić information content (AvgIpc) is 2.27. The normalized spacial score (nSPS) is 29.0. The molecule has 0 saturated heterocycles. The lowest BCUT2D eigenvalue weighted by molar-refractivity contribution is -0.00935. The second-order valence-electron chi connectivity index (χ2n) is 4.95. The van der Waals surface area contributed by atoms with E-state index in [0.29, 0.717) is 12.1 Å². The highest BCUT2D eigenvalue weighted by atomic mass is 16.5. The maximum absolute atomic E-state index is 6.04. The molecule has 3 atom stereocenters. The van der Waals surface area contributed by atoms with Crippen LogP contribution in [0.25, 0.3) is 0 Å². The molecule has 2 nitrogen and oxygen atoms in total. The molecule has 1 aliphatic carbocycles. The second kappa shape index (κ2) is 7.24. The fraction of sp³-hybridized carbons (Fsp3) is 1.00. The van der Waals surface area contributed by atoms with Crippen LogP contribution < -0.4 is 5.32 Å². The molecule has 0 aliphatic heterocycles. The zero-order valence-electron chi connectivity index (χ0n) is 10.6. The predicted octanol–water partition coefficient (Wildman–Crippen LogP) is 2.97. The fourth-order valence-electron chi connectivity index (χ4n) is 2.49. The summed E-state index contributed by atoms with van der Waals surface area (Å²) in [7, 11) is 2.06. The first kappa shape index (κ1) is 13.0. The molecule has 0 aromatic carbocycles. The standard InChI is InChI=1S/C13H27NO/c1-4-7-11(2)10-15-13-9-6-5-8-12(13)14-3/h11-14H,4-10H2,1-3H3. The lowest BCUT2D eigenvalue weighted by Gasteiger charge is -2.32. The molecule has 1 N–H and O–H groups in total. The lowest BCUT2D eigenvalue weighted by atomic mass is 9.92. The van der Waals surface area contributed by atoms with Crippen molar-refractivity contribution in [3.8, 4) is 0 Å². The Kier molecular flexibility index (Phi) is 6.26. The minimum atomic E-state index is 0.461. The molecule has 2 heteroatoms. The SMILES string of the molecule is CCCC(C)COC1CCCCC1NC. The number of hydrogen-bond donors (Lipinski definition) is 1. The molecular formula is C13H27NO. The largest absolute Gasteiger partial charge is 0.376 e. The van der Waals surface area contributed by atoms with Crippen LogP contribution in [-0.2, 0) is 4.74 Å². The molecule has 3 unspecified atom stereocenters. The van der Waals surface area contributed by atoms with Gasteiger partial charge in [0.2, 0.25) is 0 Å². The van der Waals surface area contributed by atoms with Gasteiger partial charge in [-0.1, -0.05) is 33.1 Å². The zero-order valence-corrected chi connectivity index (χ0v) is 10.6. The topological polar surface area (TPSA) is 21.3 Å². The summed E-state index contributed by atoms with van der Waals surface area (Å²) in [5.41, 5.74) is 0. The third-order valence-corrected chi connectivity index (χ3v) is 3.45. The highest BCUT2D eigenvalue weighted by molar-refractivity contribution is 4.80. The average molecular weight is 213 g/mol. The first-order valence-electron chi connectivity index (χ1n) is 6.56. The van der Waals surface area contributed by atoms with Crippen molar-refractivity contribution in [2.24, 2.45) is 5.92 Å². The molecule has 0 radical (unpaired) electrons. The van der Waals surface area contributed by atoms with Gasteiger partial charge in [-0.3, -0.25) is 0 Å². The monoisotopic (exact) mass is 213 g/mol. The van der Waals surface area contributed by atoms with Crippen LogP contribution >= 0.6 is 0 Å². The van der Waals surface area contributed by atoms with Gasteiger partial charge in [0.1, 0.15) is 0 Å². The van der Waals surface area contributed by atoms with Crippen LogP contribution in [0.15, 0.2) is 0 Å². The van der Waals surface area contributed by atoms with Crippen LogP contribution in [0.1, 0.15) is 52.4 Å². The molecule has 0 aromatic heterocycles. The van der Waals surface area contributed by atoms with Crippen LogP contribution in [0.2, 0.25) is 0 Å². The predicted molar refractivity (Wildman–Crippen MR) is 65.1 cm³/mol. The van der Waals surface area contributed by atoms with Crippen LogP contribution in [0.5, 0.6) is 0 Å². The summed E-state index contributed by atoms with van der Waals surface area (Å²) < 4.78 is 6.04. The van der Waals surface area contributed by atoms with E-state index < -0.39 is 0 Å². The summed E-state index contributed by atoms with van der Waals surface area (Å²) in [6, 6.07) is 0.590. The molecule has 1 fully saturated rings. The Morgan fingerprint density at radius 1 is 1.33 bits per heavy atom. The van der Waals surface area contributed by atoms with Crippen molar-refractivity contribution in [3.05, 3.63) is 0 Å². The van der Waals surface area contributed by atoms with E-state index in [0.717, 1.165) is 12.5 Å². The number of nitrogens with one attached hydrogen (secondary N) is 1. The Labute approximate surface area is 94.8 Å². The van der Waals surface area contributed by atoms with Gasteiger partial charge in [-0.15, -0.1) is 0 Å². The molecule has 90 valence electrons. The van der Waals surface area contributed by atoms with E-state index in [1.807, 2.05) is 0 Å². The number of ether oxygens (including phenoxy) is 1. The van der Waals surface area contributed by atoms with Crippen molar-refractivity contribution >= 4 is 0 Å². The Balaban J connectivity index is 2.22. The van der Waals surface area contributed by atoms with Gasteiger partial charge in [0.05, 0.1) is 6.10 Å². The van der Waals surface area contributed by atoms with E-state index in [2.05, 4.69) is 26.2 Å². The van der Waals surface area contributed by atoms with E-state index in [1.54, 1.807) is 0 Å². The van der Waals surface area contributed by atoms with E-state index in [4.69, 9.17) is 4.74 Å². The van der Waals surface area contributed by atoms with Gasteiger partial charge in [0.25, 0.3) is 0 Å². The highest BCUT2D eigenvalue weighted by Crippen LogP contribution is 2.22. The minimum absolute atomic E-state index is 0.461. The maximum Gasteiger partial charge on any atom is 0.0728 e. The Morgan fingerprint density at radius 3 is 2.73 bits per heavy atom. The van der Waals surface area contributed by atoms with Crippen molar-refractivity contribution in [3.63, 3.8) is 0 Å². The van der Waals surface area contributed by atoms with Crippen LogP contribution in [-0.4, -0.2) is 25.8 Å². The quantitative estimate of drug-likeness (QED) is 0.732. The first-order valence-corrected chi connectivity index (χ1v) is 6.56. The van der Waals surface area contributed by atoms with E-state index in [-0.39, 0.29) is 0 Å². The minimum Gasteiger partial charge on any atom is -0.376 e. The summed E-state index contributed by atoms with van der Waals surface area (Å²) in [6.07, 6.45) is 8.24. The van der Waals surface area contributed by atoms with Gasteiger partial charge in [0.15, 0.2) is 0 Å². The molecule has 0 aromatic rings. The highest BCUT2D eigenvalue weighted by Gasteiger charge is 2.24. The Hall–Kier alpha value is -0.0800. The molecule has 0 heterocycles. The number of hydrogen-bond acceptors (Lipinski definition) is 2. The summed E-state index contributed by atoms with van der Waals surface area (Å²) in [6.45, 7) is 5.48. The van der Waals surface area contributed by atoms with Crippen molar-refractivity contribution in [2.45, 2.75) is 64.5 Å². The first-order chi connectivity index (χ1) is 7.27. The molecule has 0 bridgehead atoms. The van der Waals surface area contributed by atoms with Gasteiger partial charge in [0, 0.05) is 12.6 Å². The smallest absolute Gasteiger partial charge is 0.0728 e. The summed E-state index contributed by atoms with van der Waals surface area (Å²) in [4.78, 5) is 0. The molecule has 15 heavy (non-hydrogen) atoms. The van der Waals surface area contributed by atoms with E-state index >= 15 is 0 Å². The fourth-order valence-corrected chi connectivity index (χ4v) is 2.49. The number of rotatable bonds is 6. The Morgan fingerprint density at radius 2 is 2.07 bits per heavy atom. The molecule has 0 amide bonds. The van der Waals surface area contributed by atoms with Crippen molar-refractivity contribution < 1.29 is 4.74 Å². The Bertz CT molecular complexity index is 161. The van der Waals surface area contributed by atoms with Crippen LogP contribution in [0.3, 0.4) is 0 Å². The van der Waals surface area contributed by atoms with E-state index in [9.17, 15) is 0 Å². The zero-order chi connectivity index (χ0) is 11.1. The molecule has 1 aliphatic rings. The third kappa shape index (κ3) is 4.52. The molecular weight excluding hydrogens is 186 g/mol. The summed E-state index contributed by atoms with van der Waals surface area (Å²) in [5, 5.41) is 3.38. The van der Waals surface area contributed by atoms with Gasteiger partial charge in [-0.25, -0.2) is 0 Å². The second-order valence-corrected chi connectivity index (χ2v) is 4.95. The molecule has 1 saturated carbocycles. The number of likely N-dealkylation sites (N-methyl/N-ethyl adjacent to an activating group) is 1. The van der Waals surface area contributed by atoms with Gasteiger partial charge in [-0.05, 0) is 32.2 Å². The van der Waals surface area contributed by atoms with Crippen LogP contribution in [0, 0.1) is 5.92 Å². The van der Waals surface area contributed by atoms with Crippen molar-refractivity contribution in [1.82, 2.24) is 5.32 Å². The summed E-state index contributed by atoms with van der Waals surface area (Å²) >= 11 is 0. The van der Waals surface area contributed by atoms with Gasteiger partial charge >= 0.3 is 0 Å². The molecule has 0 spiro atoms. The van der Waals surface area contributed by atoms with Crippen molar-refractivity contribution in [2.75, 3.05) is 13.7 Å². The van der Waals surface area contributed by atoms with Crippen molar-refractivity contribution in [1.29, 1.82) is 0 Å². The van der Waals surface area contributed by atoms with Gasteiger partial charge < -0.3 is 10.1 Å². The summed E-state index contributed by atoms with van der Waals surface area (Å²) in [5.74, 6) is 0.717. The van der Waals surface area contributed by atoms with E-state index in [1.165, 1.54) is 38.5 Å². The third-order valence-electron chi connectivity index (χ3n) is 3.45. The maximum atomic E-state index is 6.04. The van der Waals surface area contributed by atoms with Gasteiger partial charge in [-0.2, -0.15) is 0 Å².